The Morgan fingerprint density at radius 3 is 1.86 bits per heavy atom. The summed E-state index contributed by atoms with van der Waals surface area (Å²) in [5, 5.41) is 0. The lowest BCUT2D eigenvalue weighted by molar-refractivity contribution is 0.992. The zero-order valence-corrected chi connectivity index (χ0v) is 20.5. The first-order valence-corrected chi connectivity index (χ1v) is 15.0. The van der Waals surface area contributed by atoms with Gasteiger partial charge in [0, 0.05) is 30.6 Å². The van der Waals surface area contributed by atoms with Gasteiger partial charge in [-0.05, 0) is 80.1 Å². The highest BCUT2D eigenvalue weighted by Crippen LogP contribution is 2.59. The van der Waals surface area contributed by atoms with Crippen molar-refractivity contribution in [2.45, 2.75) is 58.8 Å². The topological polar surface area (TPSA) is 0 Å². The van der Waals surface area contributed by atoms with Gasteiger partial charge in [-0.3, -0.25) is 0 Å². The van der Waals surface area contributed by atoms with Gasteiger partial charge >= 0.3 is 0 Å². The van der Waals surface area contributed by atoms with Crippen molar-refractivity contribution in [2.24, 2.45) is 0 Å². The van der Waals surface area contributed by atoms with Crippen LogP contribution >= 0.6 is 22.7 Å². The number of benzene rings is 1. The summed E-state index contributed by atoms with van der Waals surface area (Å²) in [5.41, 5.74) is 11.9. The van der Waals surface area contributed by atoms with Crippen LogP contribution in [0.4, 0.5) is 0 Å². The molecule has 3 aromatic rings. The summed E-state index contributed by atoms with van der Waals surface area (Å²) in [6.07, 6.45) is 2.49. The lowest BCUT2D eigenvalue weighted by atomic mass is 9.99. The molecule has 0 saturated carbocycles. The van der Waals surface area contributed by atoms with E-state index in [0.717, 1.165) is 0 Å². The molecular formula is C25H28S2Si. The average Bonchev–Trinajstić information content (AvgIpc) is 3.30. The summed E-state index contributed by atoms with van der Waals surface area (Å²) < 4.78 is 0. The smallest absolute Gasteiger partial charge is 0.0747 e. The van der Waals surface area contributed by atoms with Crippen molar-refractivity contribution >= 4 is 36.8 Å². The van der Waals surface area contributed by atoms with Gasteiger partial charge in [0.05, 0.1) is 8.07 Å². The van der Waals surface area contributed by atoms with Gasteiger partial charge in [0.25, 0.3) is 0 Å². The van der Waals surface area contributed by atoms with Crippen LogP contribution in [-0.4, -0.2) is 8.07 Å². The molecule has 1 aromatic carbocycles. The standard InChI is InChI=1S/C25H28S2Si/c1-13-8-9-14(2)21-18(13)10-15(3)24(21)28(6,7)25-22-19(11-16(4)26-22)20-12-17(5)27-23(20)25/h8-12,24-25H,1-7H3. The van der Waals surface area contributed by atoms with E-state index in [9.17, 15) is 0 Å². The Morgan fingerprint density at radius 2 is 1.29 bits per heavy atom. The third-order valence-corrected chi connectivity index (χ3v) is 13.9. The Morgan fingerprint density at radius 1 is 0.750 bits per heavy atom. The summed E-state index contributed by atoms with van der Waals surface area (Å²) in [6, 6.07) is 9.52. The number of thiophene rings is 2. The van der Waals surface area contributed by atoms with E-state index in [-0.39, 0.29) is 0 Å². The molecular weight excluding hydrogens is 392 g/mol. The number of allylic oxidation sites excluding steroid dienone is 1. The first-order valence-electron chi connectivity index (χ1n) is 10.2. The first-order chi connectivity index (χ1) is 13.2. The maximum Gasteiger partial charge on any atom is 0.0747 e. The first kappa shape index (κ1) is 18.6. The second-order valence-electron chi connectivity index (χ2n) is 9.37. The zero-order chi connectivity index (χ0) is 20.0. The molecule has 2 aromatic heterocycles. The van der Waals surface area contributed by atoms with Gasteiger partial charge in [0.1, 0.15) is 0 Å². The minimum absolute atomic E-state index is 0.607. The second-order valence-corrected chi connectivity index (χ2v) is 16.7. The van der Waals surface area contributed by atoms with Crippen LogP contribution in [0.1, 0.15) is 59.8 Å². The molecule has 0 amide bonds. The monoisotopic (exact) mass is 420 g/mol. The van der Waals surface area contributed by atoms with Crippen LogP contribution < -0.4 is 0 Å². The SMILES string of the molecule is CC1=Cc2c(C)ccc(C)c2C1[Si](C)(C)C1c2sc(C)cc2-c2cc(C)sc21. The van der Waals surface area contributed by atoms with Gasteiger partial charge in [-0.15, -0.1) is 22.7 Å². The van der Waals surface area contributed by atoms with E-state index in [1.807, 2.05) is 22.7 Å². The highest BCUT2D eigenvalue weighted by Gasteiger charge is 2.50. The molecule has 1 unspecified atom stereocenters. The van der Waals surface area contributed by atoms with Crippen LogP contribution in [0.15, 0.2) is 29.8 Å². The number of hydrogen-bond acceptors (Lipinski definition) is 2. The molecule has 2 aliphatic rings. The molecule has 0 fully saturated rings. The Hall–Kier alpha value is -1.42. The number of fused-ring (bicyclic) bond motifs is 4. The molecule has 0 N–H and O–H groups in total. The van der Waals surface area contributed by atoms with Crippen LogP contribution in [0.2, 0.25) is 13.1 Å². The van der Waals surface area contributed by atoms with Crippen molar-refractivity contribution in [1.82, 2.24) is 0 Å². The second kappa shape index (κ2) is 6.04. The summed E-state index contributed by atoms with van der Waals surface area (Å²) >= 11 is 4.10. The third-order valence-electron chi connectivity index (χ3n) is 6.91. The average molecular weight is 421 g/mol. The predicted octanol–water partition coefficient (Wildman–Crippen LogP) is 8.14. The molecule has 28 heavy (non-hydrogen) atoms. The van der Waals surface area contributed by atoms with Crippen molar-refractivity contribution in [3.8, 4) is 11.1 Å². The lowest BCUT2D eigenvalue weighted by Gasteiger charge is -2.38. The van der Waals surface area contributed by atoms with E-state index in [1.54, 1.807) is 20.9 Å². The van der Waals surface area contributed by atoms with Crippen molar-refractivity contribution < 1.29 is 0 Å². The van der Waals surface area contributed by atoms with E-state index in [0.29, 0.717) is 11.1 Å². The third kappa shape index (κ3) is 2.39. The molecule has 0 spiro atoms. The molecule has 2 aliphatic carbocycles. The highest BCUT2D eigenvalue weighted by molar-refractivity contribution is 7.16. The van der Waals surface area contributed by atoms with Crippen LogP contribution in [0.5, 0.6) is 0 Å². The van der Waals surface area contributed by atoms with Crippen LogP contribution in [0, 0.1) is 27.7 Å². The predicted molar refractivity (Wildman–Crippen MR) is 129 cm³/mol. The van der Waals surface area contributed by atoms with Crippen molar-refractivity contribution in [3.63, 3.8) is 0 Å². The van der Waals surface area contributed by atoms with Crippen LogP contribution in [0.3, 0.4) is 0 Å². The Balaban J connectivity index is 1.73. The maximum atomic E-state index is 2.65. The number of aryl methyl sites for hydroxylation is 4. The van der Waals surface area contributed by atoms with Crippen LogP contribution in [0.25, 0.3) is 17.2 Å². The molecule has 1 atom stereocenters. The highest BCUT2D eigenvalue weighted by atomic mass is 32.1. The van der Waals surface area contributed by atoms with E-state index < -0.39 is 8.07 Å². The van der Waals surface area contributed by atoms with E-state index >= 15 is 0 Å². The van der Waals surface area contributed by atoms with Crippen molar-refractivity contribution in [3.05, 3.63) is 71.6 Å². The molecule has 5 rings (SSSR count). The summed E-state index contributed by atoms with van der Waals surface area (Å²) in [5.74, 6) is 0. The van der Waals surface area contributed by atoms with Gasteiger partial charge in [0.15, 0.2) is 0 Å². The summed E-state index contributed by atoms with van der Waals surface area (Å²) in [7, 11) is -1.73. The summed E-state index contributed by atoms with van der Waals surface area (Å²) in [4.78, 5) is 6.23. The zero-order valence-electron chi connectivity index (χ0n) is 17.9. The Labute approximate surface area is 178 Å². The molecule has 0 bridgehead atoms. The number of hydrogen-bond donors (Lipinski definition) is 0. The molecule has 0 radical (unpaired) electrons. The lowest BCUT2D eigenvalue weighted by Crippen LogP contribution is -2.42. The van der Waals surface area contributed by atoms with Gasteiger partial charge in [-0.2, -0.15) is 0 Å². The molecule has 0 aliphatic heterocycles. The summed E-state index contributed by atoms with van der Waals surface area (Å²) in [6.45, 7) is 16.8. The maximum absolute atomic E-state index is 2.65. The van der Waals surface area contributed by atoms with Gasteiger partial charge in [-0.1, -0.05) is 36.9 Å². The van der Waals surface area contributed by atoms with E-state index in [4.69, 9.17) is 0 Å². The largest absolute Gasteiger partial charge is 0.145 e. The molecule has 2 heterocycles. The van der Waals surface area contributed by atoms with Crippen molar-refractivity contribution in [2.75, 3.05) is 0 Å². The van der Waals surface area contributed by atoms with Gasteiger partial charge in [0.2, 0.25) is 0 Å². The quantitative estimate of drug-likeness (QED) is 0.367. The minimum Gasteiger partial charge on any atom is -0.145 e. The van der Waals surface area contributed by atoms with Gasteiger partial charge in [-0.25, -0.2) is 0 Å². The Kier molecular flexibility index (Phi) is 4.01. The fraction of sp³-hybridized carbons (Fsp3) is 0.360. The molecule has 3 heteroatoms. The van der Waals surface area contributed by atoms with Gasteiger partial charge < -0.3 is 0 Å². The molecule has 144 valence electrons. The fourth-order valence-corrected chi connectivity index (χ4v) is 14.5. The Bertz CT molecular complexity index is 1110. The number of rotatable bonds is 2. The van der Waals surface area contributed by atoms with E-state index in [1.165, 1.54) is 37.6 Å². The van der Waals surface area contributed by atoms with Crippen molar-refractivity contribution in [1.29, 1.82) is 0 Å². The van der Waals surface area contributed by atoms with E-state index in [2.05, 4.69) is 78.1 Å². The molecule has 0 saturated heterocycles. The minimum atomic E-state index is -1.73. The fourth-order valence-electron chi connectivity index (χ4n) is 5.80. The molecule has 0 nitrogen and oxygen atoms in total. The van der Waals surface area contributed by atoms with Crippen LogP contribution in [-0.2, 0) is 0 Å². The normalized spacial score (nSPS) is 18.2.